The van der Waals surface area contributed by atoms with E-state index in [-0.39, 0.29) is 0 Å². The van der Waals surface area contributed by atoms with Crippen LogP contribution in [0.4, 0.5) is 13.2 Å². The molecule has 0 aliphatic carbocycles. The molecule has 0 aromatic heterocycles. The molecule has 0 atom stereocenters. The Balaban J connectivity index is 0. The average molecular weight is 340 g/mol. The second-order valence-corrected chi connectivity index (χ2v) is 6.94. The van der Waals surface area contributed by atoms with E-state index in [0.717, 1.165) is 0 Å². The first-order valence-electron chi connectivity index (χ1n) is 8.87. The van der Waals surface area contributed by atoms with Crippen LogP contribution in [0.1, 0.15) is 98.3 Å². The number of carboxylic acid groups (broad SMARTS) is 1. The quantitative estimate of drug-likeness (QED) is 0.412. The van der Waals surface area contributed by atoms with Crippen molar-refractivity contribution >= 4 is 5.97 Å². The van der Waals surface area contributed by atoms with Gasteiger partial charge in [-0.1, -0.05) is 85.5 Å². The summed E-state index contributed by atoms with van der Waals surface area (Å²) in [6.07, 6.45) is 10.6. The fourth-order valence-corrected chi connectivity index (χ4v) is 2.34. The molecule has 23 heavy (non-hydrogen) atoms. The molecule has 0 spiro atoms. The zero-order chi connectivity index (χ0) is 18.4. The maximum atomic E-state index is 10.6. The Morgan fingerprint density at radius 3 is 1.52 bits per heavy atom. The molecule has 1 N–H and O–H groups in total. The lowest BCUT2D eigenvalue weighted by Crippen LogP contribution is -2.21. The van der Waals surface area contributed by atoms with E-state index in [4.69, 9.17) is 9.90 Å². The number of halogens is 3. The van der Waals surface area contributed by atoms with Crippen molar-refractivity contribution in [2.45, 2.75) is 105 Å². The van der Waals surface area contributed by atoms with E-state index >= 15 is 0 Å². The highest BCUT2D eigenvalue weighted by Crippen LogP contribution is 2.29. The number of unbranched alkanes of at least 4 members (excludes halogenated alkanes) is 7. The first-order valence-corrected chi connectivity index (χ1v) is 8.87. The largest absolute Gasteiger partial charge is 0.490 e. The minimum absolute atomic E-state index is 0.597. The van der Waals surface area contributed by atoms with Gasteiger partial charge < -0.3 is 5.11 Å². The Bertz CT molecular complexity index is 286. The molecule has 0 radical (unpaired) electrons. The third-order valence-corrected chi connectivity index (χ3v) is 3.91. The van der Waals surface area contributed by atoms with Crippen molar-refractivity contribution in [3.8, 4) is 0 Å². The molecule has 0 bridgehead atoms. The van der Waals surface area contributed by atoms with Crippen LogP contribution >= 0.6 is 0 Å². The Hall–Kier alpha value is -0.740. The summed E-state index contributed by atoms with van der Waals surface area (Å²) in [6, 6.07) is 0. The molecule has 0 aromatic carbocycles. The molecule has 0 unspecified atom stereocenters. The van der Waals surface area contributed by atoms with Crippen molar-refractivity contribution in [2.75, 3.05) is 0 Å². The number of carbonyl (C=O) groups is 1. The van der Waals surface area contributed by atoms with E-state index in [1.165, 1.54) is 70.6 Å². The van der Waals surface area contributed by atoms with Gasteiger partial charge in [0.25, 0.3) is 0 Å². The smallest absolute Gasteiger partial charge is 0.475 e. The highest BCUT2D eigenvalue weighted by atomic mass is 19.4. The SMILES string of the molecule is CCCCCCCCCC(C)(C)CCCC.O=C(O)C(F)(F)F. The molecule has 140 valence electrons. The van der Waals surface area contributed by atoms with E-state index < -0.39 is 12.1 Å². The lowest BCUT2D eigenvalue weighted by Gasteiger charge is -2.24. The maximum absolute atomic E-state index is 10.6. The Labute approximate surface area is 139 Å². The number of aliphatic carboxylic acids is 1. The fraction of sp³-hybridized carbons (Fsp3) is 0.944. The van der Waals surface area contributed by atoms with Gasteiger partial charge in [-0.2, -0.15) is 13.2 Å². The monoisotopic (exact) mass is 340 g/mol. The molecule has 0 amide bonds. The summed E-state index contributed by atoms with van der Waals surface area (Å²) in [5, 5.41) is 7.12. The van der Waals surface area contributed by atoms with E-state index in [1.54, 1.807) is 0 Å². The normalized spacial score (nSPS) is 11.8. The van der Waals surface area contributed by atoms with Gasteiger partial charge in [-0.25, -0.2) is 4.79 Å². The number of rotatable bonds is 11. The first-order chi connectivity index (χ1) is 10.6. The second-order valence-electron chi connectivity index (χ2n) is 6.94. The zero-order valence-corrected chi connectivity index (χ0v) is 15.3. The van der Waals surface area contributed by atoms with Crippen molar-refractivity contribution in [1.82, 2.24) is 0 Å². The highest BCUT2D eigenvalue weighted by Gasteiger charge is 2.38. The zero-order valence-electron chi connectivity index (χ0n) is 15.3. The molecule has 0 saturated carbocycles. The standard InChI is InChI=1S/C16H34.C2HF3O2/c1-5-7-9-10-11-12-13-15-16(3,4)14-8-6-2;3-2(4,5)1(6)7/h5-15H2,1-4H3;(H,6,7). The molecule has 0 heterocycles. The van der Waals surface area contributed by atoms with Gasteiger partial charge in [0.05, 0.1) is 0 Å². The Morgan fingerprint density at radius 2 is 1.13 bits per heavy atom. The summed E-state index contributed by atoms with van der Waals surface area (Å²) in [5.74, 6) is -2.76. The van der Waals surface area contributed by atoms with Crippen LogP contribution in [0.15, 0.2) is 0 Å². The first kappa shape index (κ1) is 24.5. The van der Waals surface area contributed by atoms with Gasteiger partial charge in [0, 0.05) is 0 Å². The minimum atomic E-state index is -5.08. The molecular weight excluding hydrogens is 305 g/mol. The van der Waals surface area contributed by atoms with E-state index in [9.17, 15) is 13.2 Å². The lowest BCUT2D eigenvalue weighted by atomic mass is 9.82. The van der Waals surface area contributed by atoms with Gasteiger partial charge in [0.1, 0.15) is 0 Å². The van der Waals surface area contributed by atoms with E-state index in [2.05, 4.69) is 27.7 Å². The number of alkyl halides is 3. The van der Waals surface area contributed by atoms with Crippen molar-refractivity contribution in [3.63, 3.8) is 0 Å². The third kappa shape index (κ3) is 19.2. The van der Waals surface area contributed by atoms with Gasteiger partial charge in [-0.15, -0.1) is 0 Å². The third-order valence-electron chi connectivity index (χ3n) is 3.91. The lowest BCUT2D eigenvalue weighted by molar-refractivity contribution is -0.192. The molecule has 0 aliphatic heterocycles. The van der Waals surface area contributed by atoms with Crippen molar-refractivity contribution < 1.29 is 23.1 Å². The topological polar surface area (TPSA) is 37.3 Å². The van der Waals surface area contributed by atoms with Gasteiger partial charge in [-0.3, -0.25) is 0 Å². The predicted molar refractivity (Wildman–Crippen MR) is 89.6 cm³/mol. The van der Waals surface area contributed by atoms with Gasteiger partial charge in [0.2, 0.25) is 0 Å². The number of hydrogen-bond donors (Lipinski definition) is 1. The molecule has 0 saturated heterocycles. The van der Waals surface area contributed by atoms with Gasteiger partial charge in [0.15, 0.2) is 0 Å². The summed E-state index contributed by atoms with van der Waals surface area (Å²) in [4.78, 5) is 8.90. The van der Waals surface area contributed by atoms with E-state index in [1.807, 2.05) is 0 Å². The highest BCUT2D eigenvalue weighted by molar-refractivity contribution is 5.73. The maximum Gasteiger partial charge on any atom is 0.490 e. The minimum Gasteiger partial charge on any atom is -0.475 e. The van der Waals surface area contributed by atoms with Crippen LogP contribution in [0, 0.1) is 5.41 Å². The molecule has 0 fully saturated rings. The molecule has 0 aliphatic rings. The van der Waals surface area contributed by atoms with E-state index in [0.29, 0.717) is 5.41 Å². The van der Waals surface area contributed by atoms with Crippen LogP contribution in [-0.4, -0.2) is 17.3 Å². The number of carboxylic acids is 1. The molecule has 5 heteroatoms. The summed E-state index contributed by atoms with van der Waals surface area (Å²) in [6.45, 7) is 9.47. The molecule has 2 nitrogen and oxygen atoms in total. The molecule has 0 rings (SSSR count). The predicted octanol–water partition coefficient (Wildman–Crippen LogP) is 6.98. The second kappa shape index (κ2) is 13.7. The van der Waals surface area contributed by atoms with Crippen molar-refractivity contribution in [3.05, 3.63) is 0 Å². The molecule has 0 aromatic rings. The van der Waals surface area contributed by atoms with Gasteiger partial charge >= 0.3 is 12.1 Å². The fourth-order valence-electron chi connectivity index (χ4n) is 2.34. The van der Waals surface area contributed by atoms with Gasteiger partial charge in [-0.05, 0) is 18.3 Å². The van der Waals surface area contributed by atoms with Crippen molar-refractivity contribution in [2.24, 2.45) is 5.41 Å². The van der Waals surface area contributed by atoms with Crippen LogP contribution in [-0.2, 0) is 4.79 Å². The number of hydrogen-bond acceptors (Lipinski definition) is 1. The van der Waals surface area contributed by atoms with Crippen LogP contribution in [0.5, 0.6) is 0 Å². The van der Waals surface area contributed by atoms with Crippen LogP contribution < -0.4 is 0 Å². The summed E-state index contributed by atoms with van der Waals surface area (Å²) >= 11 is 0. The van der Waals surface area contributed by atoms with Crippen LogP contribution in [0.25, 0.3) is 0 Å². The average Bonchev–Trinajstić information content (AvgIpc) is 2.44. The molecular formula is C18H35F3O2. The van der Waals surface area contributed by atoms with Crippen molar-refractivity contribution in [1.29, 1.82) is 0 Å². The summed E-state index contributed by atoms with van der Waals surface area (Å²) in [5.41, 5.74) is 0.597. The Kier molecular flexibility index (Phi) is 14.6. The van der Waals surface area contributed by atoms with Crippen LogP contribution in [0.2, 0.25) is 0 Å². The Morgan fingerprint density at radius 1 is 0.783 bits per heavy atom. The summed E-state index contributed by atoms with van der Waals surface area (Å²) < 4.78 is 31.7. The van der Waals surface area contributed by atoms with Crippen LogP contribution in [0.3, 0.4) is 0 Å². The summed E-state index contributed by atoms with van der Waals surface area (Å²) in [7, 11) is 0.